The molecule has 1 aliphatic rings. The quantitative estimate of drug-likeness (QED) is 0.690. The van der Waals surface area contributed by atoms with Crippen molar-refractivity contribution in [1.82, 2.24) is 0 Å². The number of nitrogens with zero attached hydrogens (tertiary/aromatic N) is 1. The molecule has 3 aromatic carbocycles. The Morgan fingerprint density at radius 1 is 0.929 bits per heavy atom. The molecule has 0 fully saturated rings. The van der Waals surface area contributed by atoms with Gasteiger partial charge in [0.2, 0.25) is 0 Å². The van der Waals surface area contributed by atoms with Gasteiger partial charge in [0.25, 0.3) is 5.91 Å². The Bertz CT molecular complexity index is 1030. The Balaban J connectivity index is 1.67. The average molecular weight is 371 g/mol. The first kappa shape index (κ1) is 18.1. The molecule has 0 aromatic heterocycles. The summed E-state index contributed by atoms with van der Waals surface area (Å²) in [5.41, 5.74) is 1.77. The molecule has 140 valence electrons. The van der Waals surface area contributed by atoms with E-state index in [1.807, 2.05) is 61.5 Å². The van der Waals surface area contributed by atoms with E-state index in [0.717, 1.165) is 11.1 Å². The van der Waals surface area contributed by atoms with Gasteiger partial charge in [0.05, 0.1) is 18.7 Å². The van der Waals surface area contributed by atoms with Gasteiger partial charge in [0, 0.05) is 11.1 Å². The van der Waals surface area contributed by atoms with E-state index in [9.17, 15) is 14.7 Å². The number of para-hydroxylation sites is 1. The molecular formula is C24H21NO3. The van der Waals surface area contributed by atoms with Gasteiger partial charge in [-0.3, -0.25) is 9.59 Å². The maximum absolute atomic E-state index is 13.2. The molecule has 0 radical (unpaired) electrons. The highest BCUT2D eigenvalue weighted by molar-refractivity contribution is 6.10. The number of fused-ring (bicyclic) bond motifs is 1. The van der Waals surface area contributed by atoms with Crippen molar-refractivity contribution in [3.63, 3.8) is 0 Å². The molecule has 1 aliphatic heterocycles. The number of amides is 1. The minimum Gasteiger partial charge on any atom is -0.375 e. The lowest BCUT2D eigenvalue weighted by Gasteiger charge is -2.23. The smallest absolute Gasteiger partial charge is 0.264 e. The van der Waals surface area contributed by atoms with Crippen LogP contribution in [0, 0.1) is 6.92 Å². The van der Waals surface area contributed by atoms with E-state index < -0.39 is 11.5 Å². The van der Waals surface area contributed by atoms with Gasteiger partial charge in [-0.1, -0.05) is 78.4 Å². The number of aryl methyl sites for hydroxylation is 1. The zero-order chi connectivity index (χ0) is 19.7. The van der Waals surface area contributed by atoms with Crippen LogP contribution in [-0.4, -0.2) is 16.8 Å². The van der Waals surface area contributed by atoms with E-state index in [4.69, 9.17) is 0 Å². The summed E-state index contributed by atoms with van der Waals surface area (Å²) in [4.78, 5) is 27.6. The van der Waals surface area contributed by atoms with E-state index in [1.165, 1.54) is 0 Å². The second-order valence-corrected chi connectivity index (χ2v) is 7.22. The molecule has 1 N–H and O–H groups in total. The van der Waals surface area contributed by atoms with Crippen LogP contribution in [0.25, 0.3) is 0 Å². The number of rotatable bonds is 5. The van der Waals surface area contributed by atoms with Crippen LogP contribution in [0.15, 0.2) is 78.9 Å². The monoisotopic (exact) mass is 371 g/mol. The SMILES string of the molecule is Cc1ccc(C(=O)C[C@]2(O)C(=O)N(Cc3ccccc3)c3ccccc32)cc1. The van der Waals surface area contributed by atoms with Crippen LogP contribution < -0.4 is 4.90 Å². The van der Waals surface area contributed by atoms with Crippen molar-refractivity contribution < 1.29 is 14.7 Å². The fraction of sp³-hybridized carbons (Fsp3) is 0.167. The van der Waals surface area contributed by atoms with Gasteiger partial charge in [-0.2, -0.15) is 0 Å². The van der Waals surface area contributed by atoms with Gasteiger partial charge < -0.3 is 10.0 Å². The molecule has 3 aromatic rings. The number of Topliss-reactive ketones (excluding diaryl/α,β-unsaturated/α-hetero) is 1. The molecule has 0 unspecified atom stereocenters. The van der Waals surface area contributed by atoms with Crippen molar-refractivity contribution in [3.05, 3.63) is 101 Å². The first-order valence-electron chi connectivity index (χ1n) is 9.27. The number of hydrogen-bond donors (Lipinski definition) is 1. The summed E-state index contributed by atoms with van der Waals surface area (Å²) in [7, 11) is 0. The van der Waals surface area contributed by atoms with Crippen LogP contribution >= 0.6 is 0 Å². The third-order valence-corrected chi connectivity index (χ3v) is 5.21. The molecule has 0 saturated carbocycles. The minimum absolute atomic E-state index is 0.257. The zero-order valence-corrected chi connectivity index (χ0v) is 15.6. The normalized spacial score (nSPS) is 18.2. The molecule has 1 heterocycles. The van der Waals surface area contributed by atoms with Crippen molar-refractivity contribution in [1.29, 1.82) is 0 Å². The predicted octanol–water partition coefficient (Wildman–Crippen LogP) is 4.00. The van der Waals surface area contributed by atoms with E-state index in [1.54, 1.807) is 29.2 Å². The maximum Gasteiger partial charge on any atom is 0.264 e. The lowest BCUT2D eigenvalue weighted by Crippen LogP contribution is -2.41. The van der Waals surface area contributed by atoms with Gasteiger partial charge in [0.1, 0.15) is 0 Å². The number of ketones is 1. The Labute approximate surface area is 164 Å². The van der Waals surface area contributed by atoms with Crippen LogP contribution in [0.4, 0.5) is 5.69 Å². The molecule has 0 spiro atoms. The first-order chi connectivity index (χ1) is 13.5. The Morgan fingerprint density at radius 3 is 2.29 bits per heavy atom. The third-order valence-electron chi connectivity index (χ3n) is 5.21. The molecule has 28 heavy (non-hydrogen) atoms. The summed E-state index contributed by atoms with van der Waals surface area (Å²) >= 11 is 0. The molecule has 0 bridgehead atoms. The number of carbonyl (C=O) groups excluding carboxylic acids is 2. The molecular weight excluding hydrogens is 350 g/mol. The highest BCUT2D eigenvalue weighted by atomic mass is 16.3. The van der Waals surface area contributed by atoms with E-state index in [-0.39, 0.29) is 12.2 Å². The maximum atomic E-state index is 13.2. The van der Waals surface area contributed by atoms with Gasteiger partial charge in [-0.25, -0.2) is 0 Å². The number of hydrogen-bond acceptors (Lipinski definition) is 3. The Morgan fingerprint density at radius 2 is 1.57 bits per heavy atom. The average Bonchev–Trinajstić information content (AvgIpc) is 2.91. The fourth-order valence-electron chi connectivity index (χ4n) is 3.67. The van der Waals surface area contributed by atoms with Gasteiger partial charge in [-0.05, 0) is 18.6 Å². The van der Waals surface area contributed by atoms with Crippen LogP contribution in [-0.2, 0) is 16.9 Å². The number of aliphatic hydroxyl groups is 1. The van der Waals surface area contributed by atoms with Crippen molar-refractivity contribution >= 4 is 17.4 Å². The third kappa shape index (κ3) is 3.12. The zero-order valence-electron chi connectivity index (χ0n) is 15.6. The minimum atomic E-state index is -1.85. The first-order valence-corrected chi connectivity index (χ1v) is 9.27. The topological polar surface area (TPSA) is 57.6 Å². The van der Waals surface area contributed by atoms with Gasteiger partial charge >= 0.3 is 0 Å². The van der Waals surface area contributed by atoms with Crippen molar-refractivity contribution in [3.8, 4) is 0 Å². The highest BCUT2D eigenvalue weighted by Crippen LogP contribution is 2.43. The lowest BCUT2D eigenvalue weighted by molar-refractivity contribution is -0.136. The van der Waals surface area contributed by atoms with E-state index in [2.05, 4.69) is 0 Å². The second kappa shape index (κ2) is 7.06. The van der Waals surface area contributed by atoms with Crippen LogP contribution in [0.2, 0.25) is 0 Å². The number of carbonyl (C=O) groups is 2. The van der Waals surface area contributed by atoms with Crippen molar-refractivity contribution in [2.24, 2.45) is 0 Å². The Hall–Kier alpha value is -3.24. The fourth-order valence-corrected chi connectivity index (χ4v) is 3.67. The predicted molar refractivity (Wildman–Crippen MR) is 108 cm³/mol. The Kier molecular flexibility index (Phi) is 4.57. The van der Waals surface area contributed by atoms with Crippen molar-refractivity contribution in [2.45, 2.75) is 25.5 Å². The van der Waals surface area contributed by atoms with Crippen LogP contribution in [0.5, 0.6) is 0 Å². The summed E-state index contributed by atoms with van der Waals surface area (Å²) in [6.45, 7) is 2.29. The molecule has 4 nitrogen and oxygen atoms in total. The summed E-state index contributed by atoms with van der Waals surface area (Å²) in [5.74, 6) is -0.717. The molecule has 0 aliphatic carbocycles. The summed E-state index contributed by atoms with van der Waals surface area (Å²) < 4.78 is 0. The van der Waals surface area contributed by atoms with Crippen LogP contribution in [0.1, 0.15) is 33.5 Å². The molecule has 4 heteroatoms. The molecule has 0 saturated heterocycles. The highest BCUT2D eigenvalue weighted by Gasteiger charge is 2.50. The van der Waals surface area contributed by atoms with Gasteiger partial charge in [0.15, 0.2) is 11.4 Å². The standard InChI is InChI=1S/C24H21NO3/c1-17-11-13-19(14-12-17)22(26)15-24(28)20-9-5-6-10-21(20)25(23(24)27)16-18-7-3-2-4-8-18/h2-14,28H,15-16H2,1H3/t24-/m1/s1. The van der Waals surface area contributed by atoms with Crippen molar-refractivity contribution in [2.75, 3.05) is 4.90 Å². The number of benzene rings is 3. The van der Waals surface area contributed by atoms with Crippen LogP contribution in [0.3, 0.4) is 0 Å². The molecule has 1 atom stereocenters. The molecule has 1 amide bonds. The lowest BCUT2D eigenvalue weighted by atomic mass is 9.88. The number of anilines is 1. The second-order valence-electron chi connectivity index (χ2n) is 7.22. The summed E-state index contributed by atoms with van der Waals surface area (Å²) in [6, 6.07) is 23.9. The summed E-state index contributed by atoms with van der Waals surface area (Å²) in [5, 5.41) is 11.3. The van der Waals surface area contributed by atoms with E-state index >= 15 is 0 Å². The van der Waals surface area contributed by atoms with E-state index in [0.29, 0.717) is 23.4 Å². The van der Waals surface area contributed by atoms with Gasteiger partial charge in [-0.15, -0.1) is 0 Å². The largest absolute Gasteiger partial charge is 0.375 e. The summed E-state index contributed by atoms with van der Waals surface area (Å²) in [6.07, 6.45) is -0.281. The molecule has 4 rings (SSSR count).